The molecule has 5 heteroatoms. The zero-order valence-electron chi connectivity index (χ0n) is 8.31. The second-order valence-electron chi connectivity index (χ2n) is 3.12. The van der Waals surface area contributed by atoms with Crippen molar-refractivity contribution in [2.24, 2.45) is 0 Å². The van der Waals surface area contributed by atoms with E-state index >= 15 is 0 Å². The number of nitrogens with one attached hydrogen (secondary N) is 1. The molecule has 0 aliphatic heterocycles. The van der Waals surface area contributed by atoms with Crippen molar-refractivity contribution >= 4 is 33.5 Å². The monoisotopic (exact) mass is 296 g/mol. The number of thioether (sulfide) groups is 1. The fourth-order valence-corrected chi connectivity index (χ4v) is 2.33. The van der Waals surface area contributed by atoms with Crippen LogP contribution < -0.4 is 0 Å². The van der Waals surface area contributed by atoms with E-state index in [1.54, 1.807) is 12.4 Å². The number of H-pyrrole nitrogens is 1. The van der Waals surface area contributed by atoms with Gasteiger partial charge in [0.05, 0.1) is 5.75 Å². The van der Waals surface area contributed by atoms with Gasteiger partial charge in [-0.2, -0.15) is 0 Å². The predicted molar refractivity (Wildman–Crippen MR) is 67.8 cm³/mol. The summed E-state index contributed by atoms with van der Waals surface area (Å²) in [6.45, 7) is 0. The van der Waals surface area contributed by atoms with Crippen molar-refractivity contribution in [3.63, 3.8) is 0 Å². The molecule has 0 unspecified atom stereocenters. The number of hydrogen-bond donors (Lipinski definition) is 1. The minimum Gasteiger partial charge on any atom is -0.340 e. The lowest BCUT2D eigenvalue weighted by atomic mass is 10.2. The summed E-state index contributed by atoms with van der Waals surface area (Å²) in [7, 11) is 0. The maximum Gasteiger partial charge on any atom is 0.173 e. The number of carbonyl (C=O) groups is 1. The molecule has 0 atom stereocenters. The van der Waals surface area contributed by atoms with Crippen molar-refractivity contribution in [3.8, 4) is 0 Å². The lowest BCUT2D eigenvalue weighted by molar-refractivity contribution is 0.102. The van der Waals surface area contributed by atoms with Crippen molar-refractivity contribution in [1.82, 2.24) is 9.97 Å². The molecule has 0 saturated carbocycles. The van der Waals surface area contributed by atoms with Crippen LogP contribution in [0, 0.1) is 0 Å². The number of halogens is 1. The average Bonchev–Trinajstić information content (AvgIpc) is 2.78. The number of rotatable bonds is 4. The summed E-state index contributed by atoms with van der Waals surface area (Å²) >= 11 is 4.75. The van der Waals surface area contributed by atoms with E-state index in [0.717, 1.165) is 9.63 Å². The van der Waals surface area contributed by atoms with Crippen LogP contribution >= 0.6 is 27.7 Å². The lowest BCUT2D eigenvalue weighted by Gasteiger charge is -2.00. The van der Waals surface area contributed by atoms with Crippen LogP contribution in [0.2, 0.25) is 0 Å². The number of Topliss-reactive ketones (excluding diaryl/α,β-unsaturated/α-hetero) is 1. The molecule has 0 amide bonds. The SMILES string of the molecule is O=C(CSc1ncc[nH]1)c1cccc(Br)c1. The number of imidazole rings is 1. The summed E-state index contributed by atoms with van der Waals surface area (Å²) in [4.78, 5) is 18.8. The molecule has 1 N–H and O–H groups in total. The van der Waals surface area contributed by atoms with Gasteiger partial charge in [0.25, 0.3) is 0 Å². The second kappa shape index (κ2) is 5.32. The van der Waals surface area contributed by atoms with Crippen LogP contribution in [0.3, 0.4) is 0 Å². The Morgan fingerprint density at radius 1 is 1.50 bits per heavy atom. The van der Waals surface area contributed by atoms with Crippen LogP contribution in [0.5, 0.6) is 0 Å². The number of hydrogen-bond acceptors (Lipinski definition) is 3. The van der Waals surface area contributed by atoms with Gasteiger partial charge in [-0.25, -0.2) is 4.98 Å². The Morgan fingerprint density at radius 3 is 3.06 bits per heavy atom. The Morgan fingerprint density at radius 2 is 2.38 bits per heavy atom. The molecular weight excluding hydrogens is 288 g/mol. The molecule has 0 spiro atoms. The van der Waals surface area contributed by atoms with Crippen LogP contribution in [0.4, 0.5) is 0 Å². The average molecular weight is 297 g/mol. The fraction of sp³-hybridized carbons (Fsp3) is 0.0909. The summed E-state index contributed by atoms with van der Waals surface area (Å²) in [6, 6.07) is 7.39. The summed E-state index contributed by atoms with van der Waals surface area (Å²) < 4.78 is 0.918. The van der Waals surface area contributed by atoms with Gasteiger partial charge < -0.3 is 4.98 Å². The highest BCUT2D eigenvalue weighted by atomic mass is 79.9. The molecule has 2 rings (SSSR count). The van der Waals surface area contributed by atoms with E-state index in [1.807, 2.05) is 24.3 Å². The topological polar surface area (TPSA) is 45.8 Å². The third-order valence-electron chi connectivity index (χ3n) is 1.96. The molecule has 1 aromatic carbocycles. The quantitative estimate of drug-likeness (QED) is 0.696. The van der Waals surface area contributed by atoms with Gasteiger partial charge in [0, 0.05) is 22.4 Å². The van der Waals surface area contributed by atoms with E-state index < -0.39 is 0 Å². The van der Waals surface area contributed by atoms with Gasteiger partial charge in [0.15, 0.2) is 10.9 Å². The fourth-order valence-electron chi connectivity index (χ4n) is 1.21. The lowest BCUT2D eigenvalue weighted by Crippen LogP contribution is -2.02. The standard InChI is InChI=1S/C11H9BrN2OS/c12-9-3-1-2-8(6-9)10(15)7-16-11-13-4-5-14-11/h1-6H,7H2,(H,13,14). The van der Waals surface area contributed by atoms with Gasteiger partial charge in [0.2, 0.25) is 0 Å². The number of benzene rings is 1. The molecule has 0 radical (unpaired) electrons. The second-order valence-corrected chi connectivity index (χ2v) is 5.00. The smallest absolute Gasteiger partial charge is 0.173 e. The molecular formula is C11H9BrN2OS. The van der Waals surface area contributed by atoms with Crippen LogP contribution in [0.25, 0.3) is 0 Å². The molecule has 0 bridgehead atoms. The minimum atomic E-state index is 0.0997. The predicted octanol–water partition coefficient (Wildman–Crippen LogP) is 3.15. The summed E-state index contributed by atoms with van der Waals surface area (Å²) in [5, 5.41) is 0.767. The zero-order chi connectivity index (χ0) is 11.4. The summed E-state index contributed by atoms with van der Waals surface area (Å²) in [5.41, 5.74) is 0.716. The zero-order valence-corrected chi connectivity index (χ0v) is 10.7. The molecule has 16 heavy (non-hydrogen) atoms. The Kier molecular flexibility index (Phi) is 3.79. The number of ketones is 1. The number of aromatic amines is 1. The van der Waals surface area contributed by atoms with E-state index in [9.17, 15) is 4.79 Å². The van der Waals surface area contributed by atoms with E-state index in [0.29, 0.717) is 11.3 Å². The van der Waals surface area contributed by atoms with Crippen molar-refractivity contribution in [2.45, 2.75) is 5.16 Å². The van der Waals surface area contributed by atoms with Crippen molar-refractivity contribution < 1.29 is 4.79 Å². The Labute approximate surface area is 106 Å². The van der Waals surface area contributed by atoms with Gasteiger partial charge in [-0.1, -0.05) is 39.8 Å². The molecule has 1 heterocycles. The first-order valence-corrected chi connectivity index (χ1v) is 6.44. The first-order chi connectivity index (χ1) is 7.75. The largest absolute Gasteiger partial charge is 0.340 e. The van der Waals surface area contributed by atoms with Gasteiger partial charge in [0.1, 0.15) is 0 Å². The highest BCUT2D eigenvalue weighted by molar-refractivity contribution is 9.10. The van der Waals surface area contributed by atoms with E-state index in [4.69, 9.17) is 0 Å². The molecule has 2 aromatic rings. The maximum absolute atomic E-state index is 11.8. The third-order valence-corrected chi connectivity index (χ3v) is 3.36. The van der Waals surface area contributed by atoms with Crippen LogP contribution in [-0.2, 0) is 0 Å². The van der Waals surface area contributed by atoms with E-state index in [-0.39, 0.29) is 5.78 Å². The molecule has 82 valence electrons. The van der Waals surface area contributed by atoms with Crippen molar-refractivity contribution in [2.75, 3.05) is 5.75 Å². The van der Waals surface area contributed by atoms with Gasteiger partial charge >= 0.3 is 0 Å². The molecule has 0 fully saturated rings. The van der Waals surface area contributed by atoms with Gasteiger partial charge in [-0.05, 0) is 12.1 Å². The third kappa shape index (κ3) is 2.96. The minimum absolute atomic E-state index is 0.0997. The van der Waals surface area contributed by atoms with Gasteiger partial charge in [-0.15, -0.1) is 0 Å². The Balaban J connectivity index is 1.98. The van der Waals surface area contributed by atoms with E-state index in [1.165, 1.54) is 11.8 Å². The van der Waals surface area contributed by atoms with E-state index in [2.05, 4.69) is 25.9 Å². The number of carbonyl (C=O) groups excluding carboxylic acids is 1. The van der Waals surface area contributed by atoms with Crippen LogP contribution in [-0.4, -0.2) is 21.5 Å². The highest BCUT2D eigenvalue weighted by Crippen LogP contribution is 2.16. The first-order valence-electron chi connectivity index (χ1n) is 4.66. The molecule has 1 aromatic heterocycles. The molecule has 0 aliphatic rings. The first kappa shape index (κ1) is 11.4. The number of aromatic nitrogens is 2. The van der Waals surface area contributed by atoms with Crippen molar-refractivity contribution in [3.05, 3.63) is 46.7 Å². The number of nitrogens with zero attached hydrogens (tertiary/aromatic N) is 1. The van der Waals surface area contributed by atoms with Gasteiger partial charge in [-0.3, -0.25) is 4.79 Å². The maximum atomic E-state index is 11.8. The Bertz CT molecular complexity index is 484. The molecule has 0 aliphatic carbocycles. The van der Waals surface area contributed by atoms with Crippen molar-refractivity contribution in [1.29, 1.82) is 0 Å². The summed E-state index contributed by atoms with van der Waals surface area (Å²) in [6.07, 6.45) is 3.41. The molecule has 3 nitrogen and oxygen atoms in total. The highest BCUT2D eigenvalue weighted by Gasteiger charge is 2.07. The summed E-state index contributed by atoms with van der Waals surface area (Å²) in [5.74, 6) is 0.493. The molecule has 0 saturated heterocycles. The van der Waals surface area contributed by atoms with Crippen LogP contribution in [0.15, 0.2) is 46.3 Å². The van der Waals surface area contributed by atoms with Crippen LogP contribution in [0.1, 0.15) is 10.4 Å². The Hall–Kier alpha value is -1.07. The normalized spacial score (nSPS) is 10.3.